The lowest BCUT2D eigenvalue weighted by molar-refractivity contribution is -0.256. The smallest absolute Gasteiger partial charge is 0.410 e. The molecule has 6 unspecified atom stereocenters. The standard InChI is InChI=1S/C52H64N2O9/c1-5-28-61-52-47(54(34-39-21-15-20-37-18-9-10-22-41(37)39)50(58)60-30-29-59-35-36-16-7-6-8-17-36)33-45(53-63-51(2,3)4)43-31-38(19-11-13-26-55)42(23-12-14-27-56)48(49(43)52)44-32-40(57)24-25-46(44)62-52/h5-10,15-18,20-22,24-25,31-32,38,42,47-49,55-57H,1,11-14,19,23,26-30,33-35H2,2-4H3. The Morgan fingerprint density at radius 2 is 1.68 bits per heavy atom. The van der Waals surface area contributed by atoms with Crippen molar-refractivity contribution in [3.05, 3.63) is 132 Å². The number of carbonyl (C=O) groups is 1. The molecule has 63 heavy (non-hydrogen) atoms. The topological polar surface area (TPSA) is 140 Å². The van der Waals surface area contributed by atoms with Crippen LogP contribution in [-0.4, -0.2) is 82.5 Å². The van der Waals surface area contributed by atoms with E-state index in [-0.39, 0.29) is 69.5 Å². The minimum absolute atomic E-state index is 0.0155. The number of aliphatic hydroxyl groups is 2. The third-order valence-electron chi connectivity index (χ3n) is 12.5. The van der Waals surface area contributed by atoms with Crippen molar-refractivity contribution in [2.75, 3.05) is 33.0 Å². The second-order valence-corrected chi connectivity index (χ2v) is 17.9. The summed E-state index contributed by atoms with van der Waals surface area (Å²) in [5, 5.41) is 37.9. The molecule has 336 valence electrons. The number of unbranched alkanes of at least 4 members (excludes halogenated alkanes) is 2. The second kappa shape index (κ2) is 21.0. The Bertz CT molecular complexity index is 2210. The van der Waals surface area contributed by atoms with Crippen LogP contribution in [0.15, 0.2) is 120 Å². The molecule has 0 aromatic heterocycles. The summed E-state index contributed by atoms with van der Waals surface area (Å²) < 4.78 is 26.6. The van der Waals surface area contributed by atoms with E-state index in [1.807, 2.05) is 75.4 Å². The van der Waals surface area contributed by atoms with E-state index in [9.17, 15) is 15.3 Å². The second-order valence-electron chi connectivity index (χ2n) is 17.9. The van der Waals surface area contributed by atoms with Crippen molar-refractivity contribution in [3.63, 3.8) is 0 Å². The summed E-state index contributed by atoms with van der Waals surface area (Å²) in [4.78, 5) is 23.1. The molecule has 1 saturated carbocycles. The molecule has 2 aliphatic carbocycles. The summed E-state index contributed by atoms with van der Waals surface area (Å²) in [6, 6.07) is 28.5. The van der Waals surface area contributed by atoms with Gasteiger partial charge in [-0.2, -0.15) is 0 Å². The molecule has 0 spiro atoms. The highest BCUT2D eigenvalue weighted by molar-refractivity contribution is 6.03. The molecule has 1 heterocycles. The number of hydrogen-bond donors (Lipinski definition) is 3. The molecule has 1 fully saturated rings. The quantitative estimate of drug-likeness (QED) is 0.0450. The molecule has 0 radical (unpaired) electrons. The van der Waals surface area contributed by atoms with Crippen molar-refractivity contribution < 1.29 is 43.9 Å². The monoisotopic (exact) mass is 860 g/mol. The van der Waals surface area contributed by atoms with Gasteiger partial charge in [-0.15, -0.1) is 6.58 Å². The van der Waals surface area contributed by atoms with Gasteiger partial charge in [0.15, 0.2) is 0 Å². The SMILES string of the molecule is C=CCOC12Oc3ccc(O)cc3C3C(CCCCO)C(CCCCO)C=C(C(=NOC(C)(C)C)CC1N(Cc1cccc4ccccc14)C(=O)OCCOCc1ccccc1)C32. The number of carbonyl (C=O) groups excluding carboxylic acids is 1. The number of aromatic hydroxyl groups is 1. The number of hydrogen-bond acceptors (Lipinski definition) is 10. The van der Waals surface area contributed by atoms with E-state index in [1.165, 1.54) is 0 Å². The Morgan fingerprint density at radius 1 is 0.937 bits per heavy atom. The summed E-state index contributed by atoms with van der Waals surface area (Å²) in [6.07, 6.45) is 8.15. The van der Waals surface area contributed by atoms with Crippen LogP contribution in [0.1, 0.15) is 88.3 Å². The number of oxime groups is 1. The molecular formula is C52H64N2O9. The van der Waals surface area contributed by atoms with E-state index in [1.54, 1.807) is 29.2 Å². The number of fused-ring (bicyclic) bond motifs is 3. The van der Waals surface area contributed by atoms with Gasteiger partial charge in [0, 0.05) is 31.1 Å². The van der Waals surface area contributed by atoms with Crippen molar-refractivity contribution in [2.24, 2.45) is 22.9 Å². The molecule has 11 nitrogen and oxygen atoms in total. The molecule has 0 bridgehead atoms. The van der Waals surface area contributed by atoms with Gasteiger partial charge in [0.2, 0.25) is 5.79 Å². The number of ether oxygens (including phenoxy) is 4. The maximum absolute atomic E-state index is 15.1. The van der Waals surface area contributed by atoms with Crippen LogP contribution in [0.3, 0.4) is 0 Å². The minimum atomic E-state index is -1.49. The molecule has 6 atom stereocenters. The molecule has 4 aromatic rings. The van der Waals surface area contributed by atoms with Gasteiger partial charge in [-0.25, -0.2) is 4.79 Å². The zero-order chi connectivity index (χ0) is 44.4. The summed E-state index contributed by atoms with van der Waals surface area (Å²) in [5.41, 5.74) is 3.76. The van der Waals surface area contributed by atoms with Crippen LogP contribution in [-0.2, 0) is 32.2 Å². The fourth-order valence-electron chi connectivity index (χ4n) is 9.80. The largest absolute Gasteiger partial charge is 0.508 e. The molecule has 11 heteroatoms. The van der Waals surface area contributed by atoms with Crippen LogP contribution in [0.25, 0.3) is 10.8 Å². The summed E-state index contributed by atoms with van der Waals surface area (Å²) in [7, 11) is 0. The Labute approximate surface area is 371 Å². The van der Waals surface area contributed by atoms with Gasteiger partial charge >= 0.3 is 6.09 Å². The first-order chi connectivity index (χ1) is 30.6. The molecule has 1 aliphatic heterocycles. The van der Waals surface area contributed by atoms with Gasteiger partial charge in [0.05, 0.1) is 38.0 Å². The first kappa shape index (κ1) is 45.8. The number of allylic oxidation sites excluding steroid dienone is 1. The average Bonchev–Trinajstić information content (AvgIpc) is 3.28. The maximum atomic E-state index is 15.1. The van der Waals surface area contributed by atoms with E-state index in [4.69, 9.17) is 28.9 Å². The van der Waals surface area contributed by atoms with Crippen LogP contribution >= 0.6 is 0 Å². The number of nitrogens with zero attached hydrogens (tertiary/aromatic N) is 2. The molecule has 7 rings (SSSR count). The molecular weight excluding hydrogens is 797 g/mol. The van der Waals surface area contributed by atoms with Gasteiger partial charge in [0.25, 0.3) is 0 Å². The Balaban J connectivity index is 1.39. The van der Waals surface area contributed by atoms with Crippen LogP contribution in [0.5, 0.6) is 11.5 Å². The van der Waals surface area contributed by atoms with E-state index >= 15 is 4.79 Å². The number of aliphatic hydroxyl groups excluding tert-OH is 2. The van der Waals surface area contributed by atoms with Crippen molar-refractivity contribution in [1.82, 2.24) is 4.90 Å². The first-order valence-corrected chi connectivity index (χ1v) is 22.5. The van der Waals surface area contributed by atoms with Crippen molar-refractivity contribution in [1.29, 1.82) is 0 Å². The predicted molar refractivity (Wildman–Crippen MR) is 244 cm³/mol. The summed E-state index contributed by atoms with van der Waals surface area (Å²) in [6.45, 7) is 11.0. The molecule has 1 amide bonds. The lowest BCUT2D eigenvalue weighted by atomic mass is 9.55. The number of benzene rings is 4. The van der Waals surface area contributed by atoms with E-state index in [0.29, 0.717) is 30.9 Å². The van der Waals surface area contributed by atoms with Gasteiger partial charge in [-0.3, -0.25) is 4.90 Å². The molecule has 4 aromatic carbocycles. The maximum Gasteiger partial charge on any atom is 0.410 e. The summed E-state index contributed by atoms with van der Waals surface area (Å²) in [5.74, 6) is -1.54. The lowest BCUT2D eigenvalue weighted by Gasteiger charge is -2.60. The van der Waals surface area contributed by atoms with E-state index < -0.39 is 29.4 Å². The van der Waals surface area contributed by atoms with E-state index in [2.05, 4.69) is 30.9 Å². The van der Waals surface area contributed by atoms with Gasteiger partial charge in [-0.05, 0) is 104 Å². The summed E-state index contributed by atoms with van der Waals surface area (Å²) >= 11 is 0. The Morgan fingerprint density at radius 3 is 2.44 bits per heavy atom. The first-order valence-electron chi connectivity index (χ1n) is 22.5. The third-order valence-corrected chi connectivity index (χ3v) is 12.5. The third kappa shape index (κ3) is 10.6. The van der Waals surface area contributed by atoms with E-state index in [0.717, 1.165) is 58.7 Å². The van der Waals surface area contributed by atoms with Crippen LogP contribution in [0.4, 0.5) is 4.79 Å². The highest BCUT2D eigenvalue weighted by Crippen LogP contribution is 2.62. The van der Waals surface area contributed by atoms with Crippen LogP contribution in [0, 0.1) is 17.8 Å². The van der Waals surface area contributed by atoms with Crippen molar-refractivity contribution in [2.45, 2.75) is 102 Å². The predicted octanol–water partition coefficient (Wildman–Crippen LogP) is 9.83. The highest BCUT2D eigenvalue weighted by atomic mass is 16.7. The normalized spacial score (nSPS) is 23.3. The van der Waals surface area contributed by atoms with Crippen LogP contribution < -0.4 is 4.74 Å². The van der Waals surface area contributed by atoms with Gasteiger partial charge in [0.1, 0.15) is 29.7 Å². The van der Waals surface area contributed by atoms with Crippen LogP contribution in [0.2, 0.25) is 0 Å². The van der Waals surface area contributed by atoms with Crippen molar-refractivity contribution >= 4 is 22.6 Å². The molecule has 0 saturated heterocycles. The Kier molecular flexibility index (Phi) is 15.3. The number of phenols is 1. The zero-order valence-electron chi connectivity index (χ0n) is 37.0. The average molecular weight is 861 g/mol. The number of amides is 1. The Hall–Kier alpha value is -5.20. The van der Waals surface area contributed by atoms with Gasteiger partial charge < -0.3 is 39.1 Å². The minimum Gasteiger partial charge on any atom is -0.508 e. The lowest BCUT2D eigenvalue weighted by Crippen LogP contribution is -2.70. The number of phenolic OH excluding ortho intramolecular Hbond substituents is 1. The number of rotatable bonds is 20. The molecule has 3 N–H and O–H groups in total. The fourth-order valence-corrected chi connectivity index (χ4v) is 9.80. The van der Waals surface area contributed by atoms with Gasteiger partial charge in [-0.1, -0.05) is 103 Å². The fraction of sp³-hybridized carbons (Fsp3) is 0.462. The highest BCUT2D eigenvalue weighted by Gasteiger charge is 2.65. The molecule has 3 aliphatic rings. The van der Waals surface area contributed by atoms with Crippen molar-refractivity contribution in [3.8, 4) is 11.5 Å². The zero-order valence-corrected chi connectivity index (χ0v) is 37.0.